The summed E-state index contributed by atoms with van der Waals surface area (Å²) >= 11 is 0. The SMILES string of the molecule is CC1CC(C(=O)O)CCN1C(=O)[C@H](NC(=O)OCC1c2ccccc2-c2ccccc21)C(C)(C)C. The molecule has 7 heteroatoms. The summed E-state index contributed by atoms with van der Waals surface area (Å²) in [6, 6.07) is 15.3. The van der Waals surface area contributed by atoms with E-state index in [1.165, 1.54) is 0 Å². The molecule has 1 aliphatic carbocycles. The lowest BCUT2D eigenvalue weighted by molar-refractivity contribution is -0.149. The fourth-order valence-corrected chi connectivity index (χ4v) is 5.30. The number of fused-ring (bicyclic) bond motifs is 3. The molecule has 2 aliphatic rings. The van der Waals surface area contributed by atoms with E-state index in [-0.39, 0.29) is 24.5 Å². The molecule has 4 rings (SSSR count). The summed E-state index contributed by atoms with van der Waals surface area (Å²) in [6.45, 7) is 8.08. The highest BCUT2D eigenvalue weighted by Gasteiger charge is 2.40. The predicted octanol–water partition coefficient (Wildman–Crippen LogP) is 4.65. The lowest BCUT2D eigenvalue weighted by Gasteiger charge is -2.41. The molecule has 0 spiro atoms. The third-order valence-electron chi connectivity index (χ3n) is 7.23. The molecule has 1 aliphatic heterocycles. The first-order valence-electron chi connectivity index (χ1n) is 12.2. The van der Waals surface area contributed by atoms with E-state index in [0.717, 1.165) is 22.3 Å². The normalized spacial score (nSPS) is 20.5. The summed E-state index contributed by atoms with van der Waals surface area (Å²) in [5.41, 5.74) is 4.00. The molecule has 1 fully saturated rings. The minimum Gasteiger partial charge on any atom is -0.481 e. The Bertz CT molecular complexity index is 1080. The van der Waals surface area contributed by atoms with E-state index in [1.807, 2.05) is 52.0 Å². The number of carbonyl (C=O) groups excluding carboxylic acids is 2. The first-order chi connectivity index (χ1) is 16.6. The molecular formula is C28H34N2O5. The zero-order valence-electron chi connectivity index (χ0n) is 20.8. The number of carboxylic acids is 1. The molecule has 2 unspecified atom stereocenters. The second-order valence-corrected chi connectivity index (χ2v) is 10.7. The van der Waals surface area contributed by atoms with Crippen LogP contribution in [0.1, 0.15) is 57.6 Å². The average molecular weight is 479 g/mol. The van der Waals surface area contributed by atoms with Gasteiger partial charge in [-0.3, -0.25) is 9.59 Å². The Hall–Kier alpha value is -3.35. The fraction of sp³-hybridized carbons (Fsp3) is 0.464. The molecule has 2 aromatic carbocycles. The number of carbonyl (C=O) groups is 3. The van der Waals surface area contributed by atoms with E-state index < -0.39 is 29.4 Å². The highest BCUT2D eigenvalue weighted by Crippen LogP contribution is 2.44. The van der Waals surface area contributed by atoms with Crippen molar-refractivity contribution in [1.29, 1.82) is 0 Å². The van der Waals surface area contributed by atoms with Gasteiger partial charge in [0.15, 0.2) is 0 Å². The van der Waals surface area contributed by atoms with E-state index in [2.05, 4.69) is 29.6 Å². The number of nitrogens with one attached hydrogen (secondary N) is 1. The number of alkyl carbamates (subject to hydrolysis) is 1. The molecule has 0 bridgehead atoms. The Labute approximate surface area is 206 Å². The molecule has 2 amide bonds. The van der Waals surface area contributed by atoms with Crippen LogP contribution < -0.4 is 5.32 Å². The molecule has 0 radical (unpaired) electrons. The number of carboxylic acid groups (broad SMARTS) is 1. The van der Waals surface area contributed by atoms with Crippen LogP contribution in [-0.4, -0.2) is 53.2 Å². The number of aliphatic carboxylic acids is 1. The zero-order chi connectivity index (χ0) is 25.3. The monoisotopic (exact) mass is 478 g/mol. The Morgan fingerprint density at radius 1 is 1.06 bits per heavy atom. The van der Waals surface area contributed by atoms with Gasteiger partial charge in [-0.25, -0.2) is 4.79 Å². The van der Waals surface area contributed by atoms with Crippen LogP contribution in [0.25, 0.3) is 11.1 Å². The van der Waals surface area contributed by atoms with Crippen molar-refractivity contribution in [2.24, 2.45) is 11.3 Å². The Morgan fingerprint density at radius 2 is 1.63 bits per heavy atom. The number of hydrogen-bond donors (Lipinski definition) is 2. The summed E-state index contributed by atoms with van der Waals surface area (Å²) in [4.78, 5) is 39.4. The van der Waals surface area contributed by atoms with Gasteiger partial charge in [0.25, 0.3) is 0 Å². The van der Waals surface area contributed by atoms with Crippen LogP contribution in [0.5, 0.6) is 0 Å². The van der Waals surface area contributed by atoms with Crippen LogP contribution in [0, 0.1) is 11.3 Å². The van der Waals surface area contributed by atoms with Crippen LogP contribution in [0.15, 0.2) is 48.5 Å². The molecule has 35 heavy (non-hydrogen) atoms. The Balaban J connectivity index is 1.44. The predicted molar refractivity (Wildman–Crippen MR) is 133 cm³/mol. The smallest absolute Gasteiger partial charge is 0.407 e. The second-order valence-electron chi connectivity index (χ2n) is 10.7. The number of rotatable bonds is 5. The molecule has 0 aromatic heterocycles. The molecule has 1 saturated heterocycles. The van der Waals surface area contributed by atoms with Gasteiger partial charge >= 0.3 is 12.1 Å². The van der Waals surface area contributed by atoms with Crippen molar-refractivity contribution in [1.82, 2.24) is 10.2 Å². The number of amides is 2. The van der Waals surface area contributed by atoms with Crippen LogP contribution >= 0.6 is 0 Å². The topological polar surface area (TPSA) is 95.9 Å². The van der Waals surface area contributed by atoms with Gasteiger partial charge in [0.05, 0.1) is 5.92 Å². The molecule has 186 valence electrons. The van der Waals surface area contributed by atoms with Gasteiger partial charge in [0.1, 0.15) is 12.6 Å². The summed E-state index contributed by atoms with van der Waals surface area (Å²) < 4.78 is 5.68. The first-order valence-corrected chi connectivity index (χ1v) is 12.2. The summed E-state index contributed by atoms with van der Waals surface area (Å²) in [7, 11) is 0. The molecule has 2 aromatic rings. The Morgan fingerprint density at radius 3 is 2.14 bits per heavy atom. The van der Waals surface area contributed by atoms with E-state index in [4.69, 9.17) is 4.74 Å². The molecule has 2 N–H and O–H groups in total. The fourth-order valence-electron chi connectivity index (χ4n) is 5.30. The van der Waals surface area contributed by atoms with Gasteiger partial charge < -0.3 is 20.1 Å². The number of nitrogens with zero attached hydrogens (tertiary/aromatic N) is 1. The number of benzene rings is 2. The van der Waals surface area contributed by atoms with Crippen LogP contribution in [0.4, 0.5) is 4.79 Å². The molecular weight excluding hydrogens is 444 g/mol. The van der Waals surface area contributed by atoms with Gasteiger partial charge in [-0.15, -0.1) is 0 Å². The van der Waals surface area contributed by atoms with Gasteiger partial charge in [-0.05, 0) is 47.4 Å². The van der Waals surface area contributed by atoms with Gasteiger partial charge in [0, 0.05) is 18.5 Å². The van der Waals surface area contributed by atoms with E-state index >= 15 is 0 Å². The summed E-state index contributed by atoms with van der Waals surface area (Å²) in [5, 5.41) is 12.1. The van der Waals surface area contributed by atoms with E-state index in [9.17, 15) is 19.5 Å². The van der Waals surface area contributed by atoms with Crippen LogP contribution in [-0.2, 0) is 14.3 Å². The minimum atomic E-state index is -0.826. The van der Waals surface area contributed by atoms with Crippen molar-refractivity contribution in [2.45, 2.75) is 58.5 Å². The largest absolute Gasteiger partial charge is 0.481 e. The second kappa shape index (κ2) is 9.72. The third kappa shape index (κ3) is 5.04. The van der Waals surface area contributed by atoms with Gasteiger partial charge in [-0.2, -0.15) is 0 Å². The standard InChI is InChI=1S/C28H34N2O5/c1-17-15-18(26(32)33)13-14-30(17)25(31)24(28(2,3)4)29-27(34)35-16-23-21-11-7-5-9-19(21)20-10-6-8-12-22(20)23/h5-12,17-18,23-24H,13-16H2,1-4H3,(H,29,34)(H,32,33)/t17?,18?,24-/m0/s1. The molecule has 3 atom stereocenters. The Kier molecular flexibility index (Phi) is 6.88. The lowest BCUT2D eigenvalue weighted by Crippen LogP contribution is -2.58. The van der Waals surface area contributed by atoms with Crippen molar-refractivity contribution in [2.75, 3.05) is 13.2 Å². The van der Waals surface area contributed by atoms with E-state index in [1.54, 1.807) is 4.90 Å². The zero-order valence-corrected chi connectivity index (χ0v) is 20.8. The summed E-state index contributed by atoms with van der Waals surface area (Å²) in [5.74, 6) is -1.54. The summed E-state index contributed by atoms with van der Waals surface area (Å²) in [6.07, 6.45) is 0.184. The quantitative estimate of drug-likeness (QED) is 0.652. The van der Waals surface area contributed by atoms with Crippen LogP contribution in [0.2, 0.25) is 0 Å². The van der Waals surface area contributed by atoms with Crippen molar-refractivity contribution >= 4 is 18.0 Å². The lowest BCUT2D eigenvalue weighted by atomic mass is 9.84. The minimum absolute atomic E-state index is 0.0630. The first kappa shape index (κ1) is 24.8. The van der Waals surface area contributed by atoms with Gasteiger partial charge in [-0.1, -0.05) is 69.3 Å². The maximum atomic E-state index is 13.5. The average Bonchev–Trinajstić information content (AvgIpc) is 3.13. The van der Waals surface area contributed by atoms with E-state index in [0.29, 0.717) is 19.4 Å². The highest BCUT2D eigenvalue weighted by molar-refractivity contribution is 5.87. The number of piperidine rings is 1. The maximum Gasteiger partial charge on any atom is 0.407 e. The van der Waals surface area contributed by atoms with Crippen molar-refractivity contribution in [3.8, 4) is 11.1 Å². The van der Waals surface area contributed by atoms with Gasteiger partial charge in [0.2, 0.25) is 5.91 Å². The molecule has 0 saturated carbocycles. The number of likely N-dealkylation sites (tertiary alicyclic amines) is 1. The number of hydrogen-bond acceptors (Lipinski definition) is 4. The van der Waals surface area contributed by atoms with Crippen LogP contribution in [0.3, 0.4) is 0 Å². The third-order valence-corrected chi connectivity index (χ3v) is 7.23. The number of ether oxygens (including phenoxy) is 1. The maximum absolute atomic E-state index is 13.5. The van der Waals surface area contributed by atoms with Crippen molar-refractivity contribution in [3.63, 3.8) is 0 Å². The van der Waals surface area contributed by atoms with Crippen molar-refractivity contribution < 1.29 is 24.2 Å². The molecule has 7 nitrogen and oxygen atoms in total. The van der Waals surface area contributed by atoms with Crippen molar-refractivity contribution in [3.05, 3.63) is 59.7 Å². The highest BCUT2D eigenvalue weighted by atomic mass is 16.5. The molecule has 1 heterocycles.